The average Bonchev–Trinajstić information content (AvgIpc) is 2.04. The maximum Gasteiger partial charge on any atom is 0.229 e. The molecule has 0 aromatic rings. The average molecular weight is 165 g/mol. The highest BCUT2D eigenvalue weighted by Crippen LogP contribution is 1.95. The van der Waals surface area contributed by atoms with Gasteiger partial charge in [0.2, 0.25) is 5.91 Å². The van der Waals surface area contributed by atoms with E-state index in [4.69, 9.17) is 0 Å². The Balaban J connectivity index is -0.000000196. The van der Waals surface area contributed by atoms with Gasteiger partial charge in [-0.15, -0.1) is 0 Å². The Morgan fingerprint density at radius 2 is 2.10 bits per heavy atom. The lowest BCUT2D eigenvalue weighted by molar-refractivity contribution is -0.118. The molecule has 0 aliphatic heterocycles. The van der Waals surface area contributed by atoms with Crippen LogP contribution in [-0.4, -0.2) is 24.5 Å². The van der Waals surface area contributed by atoms with Gasteiger partial charge in [0.25, 0.3) is 0 Å². The zero-order valence-corrected chi connectivity index (χ0v) is 8.05. The first-order valence-corrected chi connectivity index (χ1v) is 4.75. The van der Waals surface area contributed by atoms with Crippen molar-refractivity contribution in [3.63, 3.8) is 0 Å². The first kappa shape index (κ1) is 12.5. The summed E-state index contributed by atoms with van der Waals surface area (Å²) < 4.78 is 0. The van der Waals surface area contributed by atoms with Crippen LogP contribution in [0.15, 0.2) is 0 Å². The van der Waals surface area contributed by atoms with E-state index in [9.17, 15) is 4.79 Å². The van der Waals surface area contributed by atoms with Crippen molar-refractivity contribution in [3.8, 4) is 0 Å². The fourth-order valence-corrected chi connectivity index (χ4v) is 0.801. The van der Waals surface area contributed by atoms with Crippen LogP contribution in [0.4, 0.5) is 0 Å². The molecule has 0 bridgehead atoms. The van der Waals surface area contributed by atoms with Crippen molar-refractivity contribution in [2.24, 2.45) is 0 Å². The summed E-state index contributed by atoms with van der Waals surface area (Å²) in [5, 5.41) is 2.54. The van der Waals surface area contributed by atoms with Gasteiger partial charge in [-0.3, -0.25) is 4.79 Å². The molecule has 2 nitrogen and oxygen atoms in total. The molecule has 0 unspecified atom stereocenters. The topological polar surface area (TPSA) is 29.1 Å². The molecule has 1 N–H and O–H groups in total. The second-order valence-corrected chi connectivity index (χ2v) is 2.58. The molecular formula is C7H19NOS. The molecule has 0 saturated carbocycles. The van der Waals surface area contributed by atoms with Gasteiger partial charge in [0.1, 0.15) is 0 Å². The van der Waals surface area contributed by atoms with Gasteiger partial charge in [0, 0.05) is 8.47 Å². The largest absolute Gasteiger partial charge is 0.358 e. The van der Waals surface area contributed by atoms with Gasteiger partial charge in [-0.2, -0.15) is 11.8 Å². The number of amides is 1. The summed E-state index contributed by atoms with van der Waals surface area (Å²) in [7, 11) is 1.65. The Hall–Kier alpha value is -0.180. The highest BCUT2D eigenvalue weighted by Gasteiger charge is 1.92. The van der Waals surface area contributed by atoms with Crippen LogP contribution in [0, 0.1) is 0 Å². The number of carbonyl (C=O) groups is 1. The second-order valence-electron chi connectivity index (χ2n) is 1.31. The molecule has 0 aromatic carbocycles. The van der Waals surface area contributed by atoms with E-state index in [1.165, 1.54) is 0 Å². The molecule has 0 fully saturated rings. The summed E-state index contributed by atoms with van der Waals surface area (Å²) in [6.07, 6.45) is 0. The van der Waals surface area contributed by atoms with Crippen molar-refractivity contribution < 1.29 is 6.22 Å². The van der Waals surface area contributed by atoms with Crippen molar-refractivity contribution in [3.05, 3.63) is 0 Å². The molecule has 0 heterocycles. The van der Waals surface area contributed by atoms with Crippen LogP contribution in [0.2, 0.25) is 0 Å². The lowest BCUT2D eigenvalue weighted by Crippen LogP contribution is -2.19. The summed E-state index contributed by atoms with van der Waals surface area (Å²) in [5.41, 5.74) is 0. The van der Waals surface area contributed by atoms with Crippen molar-refractivity contribution in [2.75, 3.05) is 18.6 Å². The molecule has 64 valence electrons. The Labute approximate surface area is 69.3 Å². The smallest absolute Gasteiger partial charge is 0.229 e. The Morgan fingerprint density at radius 3 is 2.40 bits per heavy atom. The molecule has 3 heteroatoms. The Morgan fingerprint density at radius 1 is 1.60 bits per heavy atom. The maximum absolute atomic E-state index is 10.4. The molecule has 0 spiro atoms. The summed E-state index contributed by atoms with van der Waals surface area (Å²) >= 11 is 1.63. The van der Waals surface area contributed by atoms with Crippen LogP contribution in [0.3, 0.4) is 0 Å². The first-order chi connectivity index (χ1) is 4.81. The van der Waals surface area contributed by atoms with E-state index in [-0.39, 0.29) is 7.33 Å². The third-order valence-corrected chi connectivity index (χ3v) is 1.59. The summed E-state index contributed by atoms with van der Waals surface area (Å²) in [4.78, 5) is 10.4. The van der Waals surface area contributed by atoms with E-state index >= 15 is 0 Å². The fourth-order valence-electron chi connectivity index (χ4n) is 0.267. The Kier molecular flexibility index (Phi) is 14.5. The predicted octanol–water partition coefficient (Wildman–Crippen LogP) is 1.76. The van der Waals surface area contributed by atoms with Crippen LogP contribution in [0.1, 0.15) is 22.2 Å². The van der Waals surface area contributed by atoms with Crippen LogP contribution in [0.5, 0.6) is 0 Å². The van der Waals surface area contributed by atoms with Gasteiger partial charge >= 0.3 is 0 Å². The van der Waals surface area contributed by atoms with Crippen LogP contribution in [0.25, 0.3) is 0 Å². The van der Waals surface area contributed by atoms with E-state index in [2.05, 4.69) is 5.32 Å². The van der Waals surface area contributed by atoms with Crippen molar-refractivity contribution in [2.45, 2.75) is 20.8 Å². The van der Waals surface area contributed by atoms with Gasteiger partial charge in [-0.1, -0.05) is 20.8 Å². The lowest BCUT2D eigenvalue weighted by atomic mass is 10.7. The van der Waals surface area contributed by atoms with Crippen LogP contribution >= 0.6 is 11.8 Å². The molecule has 0 aliphatic rings. The SMILES string of the molecule is CC.CCSCC(=O)NC.[HH]. The van der Waals surface area contributed by atoms with Crippen molar-refractivity contribution in [1.82, 2.24) is 5.32 Å². The number of nitrogens with one attached hydrogen (secondary N) is 1. The van der Waals surface area contributed by atoms with E-state index in [1.807, 2.05) is 20.8 Å². The molecule has 10 heavy (non-hydrogen) atoms. The van der Waals surface area contributed by atoms with Gasteiger partial charge in [-0.25, -0.2) is 0 Å². The standard InChI is InChI=1S/C5H11NOS.C2H6.H2/c1-3-8-4-5(7)6-2;1-2;/h3-4H2,1-2H3,(H,6,7);1-2H3;1H. The van der Waals surface area contributed by atoms with Gasteiger partial charge in [-0.05, 0) is 5.75 Å². The fraction of sp³-hybridized carbons (Fsp3) is 0.857. The van der Waals surface area contributed by atoms with Gasteiger partial charge < -0.3 is 5.32 Å². The predicted molar refractivity (Wildman–Crippen MR) is 50.5 cm³/mol. The monoisotopic (exact) mass is 165 g/mol. The molecular weight excluding hydrogens is 146 g/mol. The quantitative estimate of drug-likeness (QED) is 0.690. The molecule has 1 amide bonds. The normalized spacial score (nSPS) is 7.60. The Bertz CT molecular complexity index is 80.8. The second kappa shape index (κ2) is 11.6. The number of hydrogen-bond donors (Lipinski definition) is 1. The minimum absolute atomic E-state index is 0. The highest BCUT2D eigenvalue weighted by atomic mass is 32.2. The minimum Gasteiger partial charge on any atom is -0.358 e. The van der Waals surface area contributed by atoms with Crippen LogP contribution in [-0.2, 0) is 4.79 Å². The zero-order chi connectivity index (χ0) is 8.41. The lowest BCUT2D eigenvalue weighted by Gasteiger charge is -1.94. The molecule has 0 saturated heterocycles. The molecule has 0 atom stereocenters. The summed E-state index contributed by atoms with van der Waals surface area (Å²) in [5.74, 6) is 1.71. The number of thioether (sulfide) groups is 1. The summed E-state index contributed by atoms with van der Waals surface area (Å²) in [6.45, 7) is 6.04. The third kappa shape index (κ3) is 10.7. The van der Waals surface area contributed by atoms with E-state index < -0.39 is 0 Å². The number of rotatable bonds is 3. The maximum atomic E-state index is 10.4. The van der Waals surface area contributed by atoms with Gasteiger partial charge in [0.05, 0.1) is 5.75 Å². The van der Waals surface area contributed by atoms with E-state index in [0.29, 0.717) is 5.75 Å². The van der Waals surface area contributed by atoms with E-state index in [1.54, 1.807) is 18.8 Å². The minimum atomic E-state index is 0. The molecule has 0 aromatic heterocycles. The van der Waals surface area contributed by atoms with E-state index in [0.717, 1.165) is 5.75 Å². The van der Waals surface area contributed by atoms with Crippen LogP contribution < -0.4 is 5.32 Å². The van der Waals surface area contributed by atoms with Gasteiger partial charge in [0.15, 0.2) is 0 Å². The molecule has 0 rings (SSSR count). The number of hydrogen-bond acceptors (Lipinski definition) is 2. The third-order valence-electron chi connectivity index (χ3n) is 0.716. The molecule has 0 radical (unpaired) electrons. The van der Waals surface area contributed by atoms with Crippen molar-refractivity contribution in [1.29, 1.82) is 0 Å². The highest BCUT2D eigenvalue weighted by molar-refractivity contribution is 7.99. The first-order valence-electron chi connectivity index (χ1n) is 3.59. The summed E-state index contributed by atoms with van der Waals surface area (Å²) in [6, 6.07) is 0. The molecule has 0 aliphatic carbocycles. The zero-order valence-electron chi connectivity index (χ0n) is 7.23. The van der Waals surface area contributed by atoms with Crippen molar-refractivity contribution >= 4 is 17.7 Å². The number of carbonyl (C=O) groups excluding carboxylic acids is 1.